The van der Waals surface area contributed by atoms with E-state index in [1.807, 2.05) is 20.8 Å². The maximum absolute atomic E-state index is 13.8. The lowest BCUT2D eigenvalue weighted by molar-refractivity contribution is -0.423. The predicted molar refractivity (Wildman–Crippen MR) is 72.3 cm³/mol. The quantitative estimate of drug-likeness (QED) is 0.712. The maximum Gasteiger partial charge on any atom is 0.451 e. The minimum absolute atomic E-state index is 0.116. The summed E-state index contributed by atoms with van der Waals surface area (Å²) in [6.45, 7) is 5.52. The van der Waals surface area contributed by atoms with Gasteiger partial charge in [0.25, 0.3) is 0 Å². The Morgan fingerprint density at radius 1 is 1.09 bits per heavy atom. The molecule has 0 bridgehead atoms. The Morgan fingerprint density at radius 3 is 2.23 bits per heavy atom. The maximum atomic E-state index is 13.8. The molecule has 1 aliphatic carbocycles. The minimum atomic E-state index is -4.75. The molecule has 0 amide bonds. The fourth-order valence-corrected chi connectivity index (χ4v) is 3.44. The topological polar surface area (TPSA) is 27.7 Å². The fraction of sp³-hybridized carbons (Fsp3) is 0.625. The lowest BCUT2D eigenvalue weighted by atomic mass is 9.83. The number of rotatable bonds is 1. The second-order valence-electron chi connectivity index (χ2n) is 6.74. The molecule has 1 heterocycles. The van der Waals surface area contributed by atoms with Crippen LogP contribution in [0.5, 0.6) is 0 Å². The highest BCUT2D eigenvalue weighted by Gasteiger charge is 2.74. The van der Waals surface area contributed by atoms with E-state index in [0.29, 0.717) is 6.42 Å². The highest BCUT2D eigenvalue weighted by Crippen LogP contribution is 2.62. The molecule has 3 rings (SSSR count). The molecule has 1 aromatic rings. The summed E-state index contributed by atoms with van der Waals surface area (Å²) in [5.41, 5.74) is -0.692. The van der Waals surface area contributed by atoms with E-state index in [-0.39, 0.29) is 11.5 Å². The third-order valence-corrected chi connectivity index (χ3v) is 4.90. The van der Waals surface area contributed by atoms with Crippen LogP contribution in [0.25, 0.3) is 0 Å². The van der Waals surface area contributed by atoms with Gasteiger partial charge in [-0.25, -0.2) is 0 Å². The summed E-state index contributed by atoms with van der Waals surface area (Å²) in [5.74, 6) is -4.49. The van der Waals surface area contributed by atoms with Crippen molar-refractivity contribution in [1.29, 1.82) is 0 Å². The summed E-state index contributed by atoms with van der Waals surface area (Å²) in [4.78, 5) is 10.2. The molecule has 1 aliphatic heterocycles. The van der Waals surface area contributed by atoms with Crippen LogP contribution in [0.2, 0.25) is 0 Å². The number of hydrogen-bond donors (Lipinski definition) is 0. The molecule has 3 atom stereocenters. The van der Waals surface area contributed by atoms with Crippen molar-refractivity contribution >= 4 is 0 Å². The molecular weight excluding hydrogens is 297 g/mol. The zero-order valence-electron chi connectivity index (χ0n) is 12.7. The van der Waals surface area contributed by atoms with Gasteiger partial charge in [0, 0.05) is 16.9 Å². The summed E-state index contributed by atoms with van der Waals surface area (Å²) in [7, 11) is 0. The molecule has 3 nitrogen and oxygen atoms in total. The normalized spacial score (nSPS) is 37.8. The van der Waals surface area contributed by atoms with Gasteiger partial charge in [-0.15, -0.1) is 0 Å². The first-order valence-electron chi connectivity index (χ1n) is 7.34. The van der Waals surface area contributed by atoms with Crippen molar-refractivity contribution in [3.8, 4) is 0 Å². The van der Waals surface area contributed by atoms with E-state index in [9.17, 15) is 13.2 Å². The van der Waals surface area contributed by atoms with Gasteiger partial charge in [0.1, 0.15) is 0 Å². The Balaban J connectivity index is 2.09. The Labute approximate surface area is 127 Å². The molecule has 1 saturated carbocycles. The van der Waals surface area contributed by atoms with E-state index in [0.717, 1.165) is 6.42 Å². The smallest absolute Gasteiger partial charge is 0.300 e. The van der Waals surface area contributed by atoms with Crippen molar-refractivity contribution < 1.29 is 27.7 Å². The fourth-order valence-electron chi connectivity index (χ4n) is 3.44. The van der Waals surface area contributed by atoms with Crippen molar-refractivity contribution in [3.05, 3.63) is 35.9 Å². The highest BCUT2D eigenvalue weighted by atomic mass is 19.4. The van der Waals surface area contributed by atoms with E-state index in [2.05, 4.69) is 0 Å². The lowest BCUT2D eigenvalue weighted by Gasteiger charge is -2.38. The van der Waals surface area contributed by atoms with E-state index in [4.69, 9.17) is 14.5 Å². The number of ether oxygens (including phenoxy) is 1. The molecule has 1 spiro atoms. The first-order valence-corrected chi connectivity index (χ1v) is 7.34. The van der Waals surface area contributed by atoms with Gasteiger partial charge in [0.15, 0.2) is 0 Å². The Kier molecular flexibility index (Phi) is 3.36. The summed E-state index contributed by atoms with van der Waals surface area (Å²) in [6, 6.07) is 7.35. The zero-order chi connectivity index (χ0) is 16.2. The van der Waals surface area contributed by atoms with Gasteiger partial charge in [-0.1, -0.05) is 51.1 Å². The molecule has 0 N–H and O–H groups in total. The van der Waals surface area contributed by atoms with Gasteiger partial charge >= 0.3 is 12.0 Å². The Morgan fingerprint density at radius 2 is 1.73 bits per heavy atom. The third kappa shape index (κ3) is 1.94. The summed E-state index contributed by atoms with van der Waals surface area (Å²) < 4.78 is 47.0. The van der Waals surface area contributed by atoms with Crippen LogP contribution in [-0.4, -0.2) is 12.0 Å². The first kappa shape index (κ1) is 15.8. The van der Waals surface area contributed by atoms with Gasteiger partial charge in [-0.3, -0.25) is 0 Å². The number of hydrogen-bond acceptors (Lipinski definition) is 3. The molecule has 6 heteroatoms. The van der Waals surface area contributed by atoms with Crippen LogP contribution in [0.3, 0.4) is 0 Å². The van der Waals surface area contributed by atoms with Crippen molar-refractivity contribution in [2.24, 2.45) is 11.3 Å². The molecule has 3 unspecified atom stereocenters. The SMILES string of the molecule is CC1CCC(C)(C)C12OOC(c1ccccc1)(C(F)(F)F)O2. The van der Waals surface area contributed by atoms with E-state index < -0.39 is 23.2 Å². The van der Waals surface area contributed by atoms with Crippen LogP contribution >= 0.6 is 0 Å². The molecule has 22 heavy (non-hydrogen) atoms. The lowest BCUT2D eigenvalue weighted by Crippen LogP contribution is -2.51. The minimum Gasteiger partial charge on any atom is -0.300 e. The van der Waals surface area contributed by atoms with Crippen LogP contribution in [0.15, 0.2) is 30.3 Å². The number of benzene rings is 1. The van der Waals surface area contributed by atoms with Gasteiger partial charge < -0.3 is 4.74 Å². The average Bonchev–Trinajstić information content (AvgIpc) is 2.97. The monoisotopic (exact) mass is 316 g/mol. The van der Waals surface area contributed by atoms with Crippen molar-refractivity contribution in [1.82, 2.24) is 0 Å². The summed E-state index contributed by atoms with van der Waals surface area (Å²) in [5, 5.41) is 0. The highest BCUT2D eigenvalue weighted by molar-refractivity contribution is 5.23. The molecule has 1 aromatic carbocycles. The molecule has 0 aromatic heterocycles. The van der Waals surface area contributed by atoms with Gasteiger partial charge in [0.2, 0.25) is 5.79 Å². The zero-order valence-corrected chi connectivity index (χ0v) is 12.7. The van der Waals surface area contributed by atoms with E-state index in [1.54, 1.807) is 6.07 Å². The predicted octanol–water partition coefficient (Wildman–Crippen LogP) is 4.53. The molecule has 2 aliphatic rings. The second-order valence-corrected chi connectivity index (χ2v) is 6.74. The van der Waals surface area contributed by atoms with E-state index >= 15 is 0 Å². The molecule has 122 valence electrons. The third-order valence-electron chi connectivity index (χ3n) is 4.90. The average molecular weight is 316 g/mol. The van der Waals surface area contributed by atoms with Crippen molar-refractivity contribution in [2.45, 2.75) is 51.4 Å². The largest absolute Gasteiger partial charge is 0.451 e. The van der Waals surface area contributed by atoms with Gasteiger partial charge in [0.05, 0.1) is 0 Å². The van der Waals surface area contributed by atoms with Crippen LogP contribution in [0.4, 0.5) is 13.2 Å². The Bertz CT molecular complexity index is 558. The van der Waals surface area contributed by atoms with Crippen LogP contribution in [0, 0.1) is 11.3 Å². The van der Waals surface area contributed by atoms with Crippen LogP contribution in [-0.2, 0) is 20.3 Å². The standard InChI is InChI=1S/C16H19F3O3/c1-11-9-10-13(2,3)14(11)20-15(22-21-14,16(17,18)19)12-7-5-4-6-8-12/h4-8,11H,9-10H2,1-3H3. The van der Waals surface area contributed by atoms with Gasteiger partial charge in [-0.2, -0.15) is 22.9 Å². The molecule has 1 saturated heterocycles. The number of halogens is 3. The molecule has 0 radical (unpaired) electrons. The van der Waals surface area contributed by atoms with Crippen LogP contribution in [0.1, 0.15) is 39.2 Å². The summed E-state index contributed by atoms with van der Waals surface area (Å²) in [6.07, 6.45) is -3.32. The van der Waals surface area contributed by atoms with Crippen molar-refractivity contribution in [3.63, 3.8) is 0 Å². The van der Waals surface area contributed by atoms with E-state index in [1.165, 1.54) is 24.3 Å². The van der Waals surface area contributed by atoms with Crippen LogP contribution < -0.4 is 0 Å². The summed E-state index contributed by atoms with van der Waals surface area (Å²) >= 11 is 0. The first-order chi connectivity index (χ1) is 10.1. The molecular formula is C16H19F3O3. The second kappa shape index (κ2) is 4.69. The Hall–Kier alpha value is -1.11. The van der Waals surface area contributed by atoms with Gasteiger partial charge in [-0.05, 0) is 12.8 Å². The number of alkyl halides is 3. The molecule has 2 fully saturated rings. The van der Waals surface area contributed by atoms with Crippen molar-refractivity contribution in [2.75, 3.05) is 0 Å².